The van der Waals surface area contributed by atoms with Crippen LogP contribution >= 0.6 is 22.7 Å². The van der Waals surface area contributed by atoms with Gasteiger partial charge in [-0.3, -0.25) is 0 Å². The number of hydrogen-bond donors (Lipinski definition) is 2. The molecule has 0 spiro atoms. The molecule has 148 valence electrons. The Bertz CT molecular complexity index is 983. The maximum Gasteiger partial charge on any atom is 0.417 e. The summed E-state index contributed by atoms with van der Waals surface area (Å²) in [5.41, 5.74) is 0.0524. The molecule has 0 atom stereocenters. The van der Waals surface area contributed by atoms with Crippen molar-refractivity contribution in [3.05, 3.63) is 45.1 Å². The van der Waals surface area contributed by atoms with E-state index in [9.17, 15) is 23.1 Å². The molecule has 0 amide bonds. The van der Waals surface area contributed by atoms with Crippen molar-refractivity contribution in [2.75, 3.05) is 5.32 Å². The van der Waals surface area contributed by atoms with Crippen molar-refractivity contribution in [3.8, 4) is 11.3 Å². The molecule has 0 saturated heterocycles. The van der Waals surface area contributed by atoms with Gasteiger partial charge in [0.25, 0.3) is 0 Å². The number of thiophene rings is 1. The molecule has 3 rings (SSSR count). The first-order chi connectivity index (χ1) is 13.1. The molecule has 3 heterocycles. The lowest BCUT2D eigenvalue weighted by Gasteiger charge is -2.10. The summed E-state index contributed by atoms with van der Waals surface area (Å²) in [5.74, 6) is -1.30. The number of anilines is 2. The predicted molar refractivity (Wildman–Crippen MR) is 103 cm³/mol. The van der Waals surface area contributed by atoms with E-state index < -0.39 is 23.3 Å². The lowest BCUT2D eigenvalue weighted by atomic mass is 10.1. The van der Waals surface area contributed by atoms with Crippen LogP contribution in [0.4, 0.5) is 24.1 Å². The summed E-state index contributed by atoms with van der Waals surface area (Å²) in [7, 11) is 0. The van der Waals surface area contributed by atoms with E-state index in [2.05, 4.69) is 29.1 Å². The maximum absolute atomic E-state index is 12.9. The molecule has 3 aromatic heterocycles. The molecule has 0 aliphatic carbocycles. The SMILES string of the molecule is CC(C)Cc1sc(Nc2ncc(C(F)(F)F)cc2C(=O)O)nc1-c1ccsc1. The summed E-state index contributed by atoms with van der Waals surface area (Å²) >= 11 is 2.87. The van der Waals surface area contributed by atoms with E-state index in [1.807, 2.05) is 16.8 Å². The minimum Gasteiger partial charge on any atom is -0.478 e. The fourth-order valence-electron chi connectivity index (χ4n) is 2.52. The number of thiazole rings is 1. The van der Waals surface area contributed by atoms with E-state index in [1.165, 1.54) is 22.7 Å². The molecule has 10 heteroatoms. The average Bonchev–Trinajstić information content (AvgIpc) is 3.23. The van der Waals surface area contributed by atoms with Gasteiger partial charge in [-0.2, -0.15) is 24.5 Å². The summed E-state index contributed by atoms with van der Waals surface area (Å²) in [6.45, 7) is 4.15. The number of carbonyl (C=O) groups is 1. The third kappa shape index (κ3) is 4.50. The van der Waals surface area contributed by atoms with Crippen molar-refractivity contribution in [1.29, 1.82) is 0 Å². The second-order valence-electron chi connectivity index (χ2n) is 6.45. The highest BCUT2D eigenvalue weighted by atomic mass is 32.1. The van der Waals surface area contributed by atoms with Gasteiger partial charge in [-0.25, -0.2) is 14.8 Å². The minimum absolute atomic E-state index is 0.179. The fraction of sp³-hybridized carbons (Fsp3) is 0.278. The van der Waals surface area contributed by atoms with E-state index in [-0.39, 0.29) is 5.82 Å². The smallest absolute Gasteiger partial charge is 0.417 e. The molecule has 5 nitrogen and oxygen atoms in total. The van der Waals surface area contributed by atoms with Crippen LogP contribution in [0.2, 0.25) is 0 Å². The molecule has 0 fully saturated rings. The number of carboxylic acids is 1. The van der Waals surface area contributed by atoms with Gasteiger partial charge in [0.05, 0.1) is 11.3 Å². The summed E-state index contributed by atoms with van der Waals surface area (Å²) in [6, 6.07) is 2.51. The van der Waals surface area contributed by atoms with Crippen molar-refractivity contribution in [1.82, 2.24) is 9.97 Å². The zero-order chi connectivity index (χ0) is 20.5. The summed E-state index contributed by atoms with van der Waals surface area (Å²) < 4.78 is 38.6. The van der Waals surface area contributed by atoms with E-state index in [0.717, 1.165) is 22.6 Å². The van der Waals surface area contributed by atoms with Gasteiger partial charge in [-0.1, -0.05) is 13.8 Å². The molecule has 0 aliphatic heterocycles. The van der Waals surface area contributed by atoms with Crippen molar-refractivity contribution in [2.24, 2.45) is 5.92 Å². The van der Waals surface area contributed by atoms with Gasteiger partial charge in [0.15, 0.2) is 5.13 Å². The van der Waals surface area contributed by atoms with Crippen LogP contribution < -0.4 is 5.32 Å². The number of aromatic nitrogens is 2. The zero-order valence-electron chi connectivity index (χ0n) is 14.9. The Morgan fingerprint density at radius 3 is 2.68 bits per heavy atom. The number of nitrogens with zero attached hydrogens (tertiary/aromatic N) is 2. The monoisotopic (exact) mass is 427 g/mol. The largest absolute Gasteiger partial charge is 0.478 e. The molecule has 3 aromatic rings. The Balaban J connectivity index is 1.98. The van der Waals surface area contributed by atoms with Crippen LogP contribution in [-0.4, -0.2) is 21.0 Å². The van der Waals surface area contributed by atoms with Gasteiger partial charge in [-0.05, 0) is 29.9 Å². The number of aromatic carboxylic acids is 1. The molecule has 0 unspecified atom stereocenters. The fourth-order valence-corrected chi connectivity index (χ4v) is 4.36. The topological polar surface area (TPSA) is 75.1 Å². The Morgan fingerprint density at radius 2 is 2.11 bits per heavy atom. The van der Waals surface area contributed by atoms with Crippen molar-refractivity contribution in [3.63, 3.8) is 0 Å². The number of nitrogens with one attached hydrogen (secondary N) is 1. The van der Waals surface area contributed by atoms with Gasteiger partial charge < -0.3 is 10.4 Å². The summed E-state index contributed by atoms with van der Waals surface area (Å²) in [4.78, 5) is 20.7. The number of rotatable bonds is 6. The number of alkyl halides is 3. The van der Waals surface area contributed by atoms with Crippen LogP contribution in [0.15, 0.2) is 29.1 Å². The first-order valence-electron chi connectivity index (χ1n) is 8.25. The molecule has 0 saturated carbocycles. The standard InChI is InChI=1S/C18H16F3N3O2S2/c1-9(2)5-13-14(10-3-4-27-8-10)23-17(28-13)24-15-12(16(25)26)6-11(7-22-15)18(19,20)21/h3-4,6-9H,5H2,1-2H3,(H,25,26)(H,22,23,24). The van der Waals surface area contributed by atoms with Gasteiger partial charge in [0, 0.05) is 22.0 Å². The second-order valence-corrected chi connectivity index (χ2v) is 8.31. The minimum atomic E-state index is -4.67. The molecular formula is C18H16F3N3O2S2. The second kappa shape index (κ2) is 7.88. The van der Waals surface area contributed by atoms with Crippen LogP contribution in [0.25, 0.3) is 11.3 Å². The van der Waals surface area contributed by atoms with Gasteiger partial charge in [0.1, 0.15) is 11.4 Å². The van der Waals surface area contributed by atoms with Gasteiger partial charge in [0.2, 0.25) is 0 Å². The first-order valence-corrected chi connectivity index (χ1v) is 10.0. The molecule has 28 heavy (non-hydrogen) atoms. The Labute approximate surface area is 166 Å². The lowest BCUT2D eigenvalue weighted by molar-refractivity contribution is -0.137. The highest BCUT2D eigenvalue weighted by Crippen LogP contribution is 2.36. The van der Waals surface area contributed by atoms with Gasteiger partial charge in [-0.15, -0.1) is 11.3 Å². The zero-order valence-corrected chi connectivity index (χ0v) is 16.5. The maximum atomic E-state index is 12.9. The van der Waals surface area contributed by atoms with Crippen molar-refractivity contribution < 1.29 is 23.1 Å². The summed E-state index contributed by atoms with van der Waals surface area (Å²) in [5, 5.41) is 16.4. The predicted octanol–water partition coefficient (Wildman–Crippen LogP) is 5.93. The number of pyridine rings is 1. The Hall–Kier alpha value is -2.46. The summed E-state index contributed by atoms with van der Waals surface area (Å²) in [6.07, 6.45) is -3.29. The van der Waals surface area contributed by atoms with E-state index in [4.69, 9.17) is 0 Å². The highest BCUT2D eigenvalue weighted by molar-refractivity contribution is 7.16. The third-order valence-electron chi connectivity index (χ3n) is 3.76. The van der Waals surface area contributed by atoms with E-state index >= 15 is 0 Å². The van der Waals surface area contributed by atoms with Crippen LogP contribution in [-0.2, 0) is 12.6 Å². The first kappa shape index (κ1) is 20.3. The molecule has 2 N–H and O–H groups in total. The van der Waals surface area contributed by atoms with Crippen molar-refractivity contribution in [2.45, 2.75) is 26.4 Å². The molecule has 0 aromatic carbocycles. The molecular weight excluding hydrogens is 411 g/mol. The average molecular weight is 427 g/mol. The van der Waals surface area contributed by atoms with Crippen LogP contribution in [0.3, 0.4) is 0 Å². The Kier molecular flexibility index (Phi) is 5.71. The van der Waals surface area contributed by atoms with E-state index in [0.29, 0.717) is 23.3 Å². The van der Waals surface area contributed by atoms with Crippen LogP contribution in [0.1, 0.15) is 34.6 Å². The number of carboxylic acid groups (broad SMARTS) is 1. The highest BCUT2D eigenvalue weighted by Gasteiger charge is 2.32. The molecule has 0 radical (unpaired) electrons. The van der Waals surface area contributed by atoms with Crippen LogP contribution in [0, 0.1) is 5.92 Å². The quantitative estimate of drug-likeness (QED) is 0.510. The molecule has 0 aliphatic rings. The normalized spacial score (nSPS) is 11.8. The lowest BCUT2D eigenvalue weighted by Crippen LogP contribution is -2.11. The number of halogens is 3. The van der Waals surface area contributed by atoms with Gasteiger partial charge >= 0.3 is 12.1 Å². The van der Waals surface area contributed by atoms with Crippen LogP contribution in [0.5, 0.6) is 0 Å². The molecule has 0 bridgehead atoms. The Morgan fingerprint density at radius 1 is 1.36 bits per heavy atom. The van der Waals surface area contributed by atoms with Crippen molar-refractivity contribution >= 4 is 39.6 Å². The van der Waals surface area contributed by atoms with E-state index in [1.54, 1.807) is 0 Å². The third-order valence-corrected chi connectivity index (χ3v) is 5.43. The number of hydrogen-bond acceptors (Lipinski definition) is 6.